The second kappa shape index (κ2) is 7.27. The molecule has 1 saturated heterocycles. The smallest absolute Gasteiger partial charge is 0.303 e. The molecule has 0 spiro atoms. The number of piperidine rings is 1. The van der Waals surface area contributed by atoms with Crippen LogP contribution in [-0.2, 0) is 4.79 Å². The Bertz CT molecular complexity index is 609. The molecule has 0 aromatic rings. The Morgan fingerprint density at radius 1 is 1.14 bits per heavy atom. The van der Waals surface area contributed by atoms with Crippen molar-refractivity contribution in [2.75, 3.05) is 20.1 Å². The summed E-state index contributed by atoms with van der Waals surface area (Å²) in [4.78, 5) is 13.5. The maximum atomic E-state index is 11.3. The summed E-state index contributed by atoms with van der Waals surface area (Å²) < 4.78 is 0. The average Bonchev–Trinajstić information content (AvgIpc) is 2.98. The number of fused-ring (bicyclic) bond motifs is 5. The van der Waals surface area contributed by atoms with E-state index in [-0.39, 0.29) is 11.5 Å². The summed E-state index contributed by atoms with van der Waals surface area (Å²) in [5.74, 6) is 2.80. The molecule has 0 aromatic heterocycles. The van der Waals surface area contributed by atoms with Gasteiger partial charge < -0.3 is 15.1 Å². The Morgan fingerprint density at radius 2 is 1.86 bits per heavy atom. The summed E-state index contributed by atoms with van der Waals surface area (Å²) >= 11 is 0. The van der Waals surface area contributed by atoms with Gasteiger partial charge in [0.25, 0.3) is 0 Å². The molecule has 3 aliphatic carbocycles. The molecule has 3 saturated carbocycles. The number of carboxylic acids is 1. The molecule has 2 N–H and O–H groups in total. The molecule has 9 atom stereocenters. The van der Waals surface area contributed by atoms with E-state index in [1.54, 1.807) is 0 Å². The maximum absolute atomic E-state index is 11.3. The number of hydrogen-bond acceptors (Lipinski definition) is 3. The Hall–Kier alpha value is -0.610. The first kappa shape index (κ1) is 20.7. The highest BCUT2D eigenvalue weighted by Crippen LogP contribution is 2.67. The van der Waals surface area contributed by atoms with Gasteiger partial charge in [-0.15, -0.1) is 0 Å². The Balaban J connectivity index is 1.55. The lowest BCUT2D eigenvalue weighted by molar-refractivity contribution is -0.170. The second-order valence-corrected chi connectivity index (χ2v) is 11.4. The fraction of sp³-hybridized carbons (Fsp3) is 0.958. The lowest BCUT2D eigenvalue weighted by Crippen LogP contribution is -2.60. The van der Waals surface area contributed by atoms with Gasteiger partial charge in [0, 0.05) is 13.0 Å². The first-order chi connectivity index (χ1) is 13.2. The van der Waals surface area contributed by atoms with Crippen LogP contribution in [0.5, 0.6) is 0 Å². The fourth-order valence-electron chi connectivity index (χ4n) is 8.62. The summed E-state index contributed by atoms with van der Waals surface area (Å²) in [6, 6.07) is 0. The number of rotatable bonds is 4. The van der Waals surface area contributed by atoms with Crippen LogP contribution in [0, 0.1) is 46.3 Å². The van der Waals surface area contributed by atoms with Gasteiger partial charge >= 0.3 is 5.97 Å². The minimum absolute atomic E-state index is 0.146. The topological polar surface area (TPSA) is 60.8 Å². The number of likely N-dealkylation sites (tertiary alicyclic amines) is 1. The van der Waals surface area contributed by atoms with Gasteiger partial charge in [-0.05, 0) is 105 Å². The molecule has 1 heterocycles. The zero-order chi connectivity index (χ0) is 20.3. The van der Waals surface area contributed by atoms with Crippen LogP contribution in [0.15, 0.2) is 0 Å². The number of aliphatic hydroxyl groups excluding tert-OH is 1. The molecule has 0 amide bonds. The minimum atomic E-state index is -0.667. The molecule has 28 heavy (non-hydrogen) atoms. The van der Waals surface area contributed by atoms with E-state index >= 15 is 0 Å². The van der Waals surface area contributed by atoms with Crippen LogP contribution in [0.25, 0.3) is 0 Å². The van der Waals surface area contributed by atoms with Crippen LogP contribution < -0.4 is 0 Å². The van der Waals surface area contributed by atoms with E-state index in [4.69, 9.17) is 5.11 Å². The Labute approximate surface area is 171 Å². The zero-order valence-electron chi connectivity index (χ0n) is 18.4. The molecule has 4 aliphatic rings. The molecular formula is C24H41NO3. The van der Waals surface area contributed by atoms with E-state index in [1.165, 1.54) is 38.6 Å². The molecule has 0 unspecified atom stereocenters. The van der Waals surface area contributed by atoms with Crippen LogP contribution in [0.2, 0.25) is 0 Å². The fourth-order valence-corrected chi connectivity index (χ4v) is 8.62. The van der Waals surface area contributed by atoms with Gasteiger partial charge in [-0.25, -0.2) is 0 Å². The van der Waals surface area contributed by atoms with Crippen molar-refractivity contribution in [1.82, 2.24) is 4.90 Å². The first-order valence-electron chi connectivity index (χ1n) is 11.7. The SMILES string of the molecule is C[C@H](CCC(=O)O)[C@H]1CC[C@H]2[C@@H]3[C@@H](O)C[C@@H]4CN(C)CC[C@]4(C)[C@H]3CC[C@]12C. The van der Waals surface area contributed by atoms with Gasteiger partial charge in [-0.2, -0.15) is 0 Å². The van der Waals surface area contributed by atoms with Crippen LogP contribution in [0.4, 0.5) is 0 Å². The minimum Gasteiger partial charge on any atom is -0.481 e. The van der Waals surface area contributed by atoms with Crippen molar-refractivity contribution in [2.24, 2.45) is 46.3 Å². The molecule has 4 rings (SSSR count). The molecular weight excluding hydrogens is 350 g/mol. The predicted molar refractivity (Wildman–Crippen MR) is 111 cm³/mol. The number of hydrogen-bond donors (Lipinski definition) is 2. The number of aliphatic carboxylic acids is 1. The third-order valence-electron chi connectivity index (χ3n) is 10.2. The summed E-state index contributed by atoms with van der Waals surface area (Å²) in [5.41, 5.74) is 0.680. The van der Waals surface area contributed by atoms with Crippen molar-refractivity contribution in [2.45, 2.75) is 78.2 Å². The molecule has 4 fully saturated rings. The van der Waals surface area contributed by atoms with Crippen LogP contribution >= 0.6 is 0 Å². The summed E-state index contributed by atoms with van der Waals surface area (Å²) in [7, 11) is 2.23. The quantitative estimate of drug-likeness (QED) is 0.751. The number of nitrogens with zero attached hydrogens (tertiary/aromatic N) is 1. The molecule has 0 aromatic carbocycles. The highest BCUT2D eigenvalue weighted by molar-refractivity contribution is 5.66. The third kappa shape index (κ3) is 3.14. The van der Waals surface area contributed by atoms with Gasteiger partial charge in [-0.1, -0.05) is 20.8 Å². The van der Waals surface area contributed by atoms with E-state index in [1.807, 2.05) is 0 Å². The van der Waals surface area contributed by atoms with E-state index < -0.39 is 5.97 Å². The van der Waals surface area contributed by atoms with E-state index in [9.17, 15) is 9.90 Å². The van der Waals surface area contributed by atoms with E-state index in [2.05, 4.69) is 32.7 Å². The Kier molecular flexibility index (Phi) is 5.36. The molecule has 0 bridgehead atoms. The molecule has 0 radical (unpaired) electrons. The van der Waals surface area contributed by atoms with Gasteiger partial charge in [0.1, 0.15) is 0 Å². The van der Waals surface area contributed by atoms with Gasteiger partial charge in [0.2, 0.25) is 0 Å². The largest absolute Gasteiger partial charge is 0.481 e. The first-order valence-corrected chi connectivity index (χ1v) is 11.7. The molecule has 4 heteroatoms. The van der Waals surface area contributed by atoms with E-state index in [0.29, 0.717) is 47.3 Å². The van der Waals surface area contributed by atoms with Crippen molar-refractivity contribution in [3.8, 4) is 0 Å². The summed E-state index contributed by atoms with van der Waals surface area (Å²) in [5, 5.41) is 20.4. The van der Waals surface area contributed by atoms with Crippen molar-refractivity contribution in [3.05, 3.63) is 0 Å². The molecule has 160 valence electrons. The van der Waals surface area contributed by atoms with Crippen LogP contribution in [-0.4, -0.2) is 47.3 Å². The highest BCUT2D eigenvalue weighted by atomic mass is 16.4. The van der Waals surface area contributed by atoms with Crippen molar-refractivity contribution in [3.63, 3.8) is 0 Å². The van der Waals surface area contributed by atoms with Crippen LogP contribution in [0.3, 0.4) is 0 Å². The monoisotopic (exact) mass is 391 g/mol. The third-order valence-corrected chi connectivity index (χ3v) is 10.2. The van der Waals surface area contributed by atoms with Crippen molar-refractivity contribution < 1.29 is 15.0 Å². The average molecular weight is 392 g/mol. The van der Waals surface area contributed by atoms with Crippen molar-refractivity contribution in [1.29, 1.82) is 0 Å². The summed E-state index contributed by atoms with van der Waals surface area (Å²) in [6.45, 7) is 9.65. The molecule has 1 aliphatic heterocycles. The predicted octanol–water partition coefficient (Wildman–Crippen LogP) is 4.27. The number of aliphatic hydroxyl groups is 1. The number of carboxylic acid groups (broad SMARTS) is 1. The summed E-state index contributed by atoms with van der Waals surface area (Å²) in [6.07, 6.45) is 8.19. The lowest BCUT2D eigenvalue weighted by Gasteiger charge is -2.62. The highest BCUT2D eigenvalue weighted by Gasteiger charge is 2.62. The lowest BCUT2D eigenvalue weighted by atomic mass is 9.44. The number of carbonyl (C=O) groups is 1. The Morgan fingerprint density at radius 3 is 2.57 bits per heavy atom. The van der Waals surface area contributed by atoms with Gasteiger partial charge in [-0.3, -0.25) is 4.79 Å². The zero-order valence-corrected chi connectivity index (χ0v) is 18.4. The standard InChI is InChI=1S/C24H41NO3/c1-15(5-8-21(27)28)17-6-7-18-22-19(9-10-24(17,18)3)23(2)11-12-25(4)14-16(23)13-20(22)26/h15-20,22,26H,5-14H2,1-4H3,(H,27,28)/t15-,16-,17-,18+,19+,20+,22+,23+,24-/m1/s1. The van der Waals surface area contributed by atoms with Gasteiger partial charge in [0.15, 0.2) is 0 Å². The maximum Gasteiger partial charge on any atom is 0.303 e. The second-order valence-electron chi connectivity index (χ2n) is 11.4. The van der Waals surface area contributed by atoms with Gasteiger partial charge in [0.05, 0.1) is 6.10 Å². The normalized spacial score (nSPS) is 49.8. The van der Waals surface area contributed by atoms with Crippen molar-refractivity contribution >= 4 is 5.97 Å². The van der Waals surface area contributed by atoms with E-state index in [0.717, 1.165) is 19.4 Å². The van der Waals surface area contributed by atoms with Crippen LogP contribution in [0.1, 0.15) is 72.1 Å². The molecule has 4 nitrogen and oxygen atoms in total.